The lowest BCUT2D eigenvalue weighted by Gasteiger charge is -2.08. The minimum Gasteiger partial charge on any atom is -0.463 e. The molecule has 112 valence electrons. The number of nitrogens with two attached hydrogens (primary N) is 1. The Hall–Kier alpha value is -1.86. The zero-order valence-corrected chi connectivity index (χ0v) is 13.2. The average Bonchev–Trinajstić information content (AvgIpc) is 2.48. The van der Waals surface area contributed by atoms with Gasteiger partial charge in [0.15, 0.2) is 0 Å². The van der Waals surface area contributed by atoms with Gasteiger partial charge in [0.1, 0.15) is 0 Å². The number of aryl methyl sites for hydroxylation is 2. The Balaban J connectivity index is 2.27. The van der Waals surface area contributed by atoms with Crippen molar-refractivity contribution in [3.63, 3.8) is 0 Å². The monoisotopic (exact) mass is 305 g/mol. The predicted octanol–water partition coefficient (Wildman–Crippen LogP) is 2.71. The Morgan fingerprint density at radius 3 is 2.76 bits per heavy atom. The number of nitrogen functional groups attached to an aromatic ring is 1. The van der Waals surface area contributed by atoms with Crippen molar-refractivity contribution in [1.29, 1.82) is 0 Å². The van der Waals surface area contributed by atoms with Crippen LogP contribution in [-0.4, -0.2) is 21.6 Å². The number of anilines is 1. The molecule has 2 rings (SSSR count). The molecule has 1 aromatic heterocycles. The molecule has 7 heteroatoms. The minimum absolute atomic E-state index is 0.285. The first-order chi connectivity index (χ1) is 10.1. The third kappa shape index (κ3) is 4.30. The largest absolute Gasteiger partial charge is 0.463 e. The fourth-order valence-electron chi connectivity index (χ4n) is 1.62. The number of ether oxygens (including phenoxy) is 1. The molecule has 0 bridgehead atoms. The predicted molar refractivity (Wildman–Crippen MR) is 83.5 cm³/mol. The van der Waals surface area contributed by atoms with Crippen LogP contribution in [0.5, 0.6) is 6.01 Å². The molecular weight excluding hydrogens is 286 g/mol. The summed E-state index contributed by atoms with van der Waals surface area (Å²) in [6.45, 7) is 6.69. The summed E-state index contributed by atoms with van der Waals surface area (Å²) in [5.41, 5.74) is 4.80. The van der Waals surface area contributed by atoms with Gasteiger partial charge in [0, 0.05) is 4.90 Å². The summed E-state index contributed by atoms with van der Waals surface area (Å²) in [6, 6.07) is 6.55. The molecule has 0 aliphatic carbocycles. The quantitative estimate of drug-likeness (QED) is 0.627. The van der Waals surface area contributed by atoms with E-state index in [9.17, 15) is 0 Å². The van der Waals surface area contributed by atoms with Gasteiger partial charge >= 0.3 is 6.01 Å². The molecule has 0 fully saturated rings. The van der Waals surface area contributed by atoms with Crippen molar-refractivity contribution in [2.24, 2.45) is 5.84 Å². The maximum Gasteiger partial charge on any atom is 0.322 e. The lowest BCUT2D eigenvalue weighted by molar-refractivity contribution is 0.288. The highest BCUT2D eigenvalue weighted by Crippen LogP contribution is 2.29. The minimum atomic E-state index is 0.285. The van der Waals surface area contributed by atoms with E-state index in [1.54, 1.807) is 0 Å². The molecule has 0 spiro atoms. The van der Waals surface area contributed by atoms with Crippen molar-refractivity contribution >= 4 is 17.7 Å². The number of aromatic nitrogens is 3. The van der Waals surface area contributed by atoms with E-state index in [4.69, 9.17) is 10.6 Å². The normalized spacial score (nSPS) is 10.5. The molecule has 21 heavy (non-hydrogen) atoms. The summed E-state index contributed by atoms with van der Waals surface area (Å²) < 4.78 is 5.46. The molecule has 0 saturated carbocycles. The second-order valence-electron chi connectivity index (χ2n) is 4.59. The second-order valence-corrected chi connectivity index (χ2v) is 5.60. The van der Waals surface area contributed by atoms with Crippen LogP contribution in [0.4, 0.5) is 5.95 Å². The number of nitrogens with one attached hydrogen (secondary N) is 1. The number of nitrogens with zero attached hydrogens (tertiary/aromatic N) is 3. The molecule has 3 N–H and O–H groups in total. The highest BCUT2D eigenvalue weighted by atomic mass is 32.2. The Kier molecular flexibility index (Phi) is 5.35. The molecule has 0 amide bonds. The van der Waals surface area contributed by atoms with Crippen LogP contribution in [0.25, 0.3) is 0 Å². The van der Waals surface area contributed by atoms with Gasteiger partial charge in [-0.15, -0.1) is 0 Å². The number of hydrazine groups is 1. The Labute approximate surface area is 128 Å². The molecule has 0 atom stereocenters. The molecule has 0 aliphatic rings. The van der Waals surface area contributed by atoms with Crippen molar-refractivity contribution < 1.29 is 4.74 Å². The molecule has 1 heterocycles. The van der Waals surface area contributed by atoms with Crippen molar-refractivity contribution in [1.82, 2.24) is 15.0 Å². The third-order valence-corrected chi connectivity index (χ3v) is 3.73. The van der Waals surface area contributed by atoms with Crippen LogP contribution < -0.4 is 16.0 Å². The van der Waals surface area contributed by atoms with E-state index < -0.39 is 0 Å². The van der Waals surface area contributed by atoms with E-state index >= 15 is 0 Å². The van der Waals surface area contributed by atoms with E-state index in [1.807, 2.05) is 6.92 Å². The molecule has 1 aromatic carbocycles. The lowest BCUT2D eigenvalue weighted by Crippen LogP contribution is -2.13. The Bertz CT molecular complexity index is 620. The van der Waals surface area contributed by atoms with E-state index in [0.29, 0.717) is 17.7 Å². The maximum atomic E-state index is 5.46. The molecule has 6 nitrogen and oxygen atoms in total. The smallest absolute Gasteiger partial charge is 0.322 e. The van der Waals surface area contributed by atoms with E-state index in [-0.39, 0.29) is 6.01 Å². The maximum absolute atomic E-state index is 5.46. The average molecular weight is 305 g/mol. The first-order valence-electron chi connectivity index (χ1n) is 6.73. The Morgan fingerprint density at radius 1 is 1.24 bits per heavy atom. The zero-order valence-electron chi connectivity index (χ0n) is 12.4. The van der Waals surface area contributed by atoms with Crippen LogP contribution in [0.2, 0.25) is 0 Å². The molecule has 0 aliphatic heterocycles. The SMILES string of the molecule is CCCOc1nc(NN)nc(Sc2cc(C)ccc2C)n1. The van der Waals surface area contributed by atoms with Crippen LogP contribution in [0, 0.1) is 13.8 Å². The lowest BCUT2D eigenvalue weighted by atomic mass is 10.2. The first kappa shape index (κ1) is 15.5. The highest BCUT2D eigenvalue weighted by molar-refractivity contribution is 7.99. The van der Waals surface area contributed by atoms with Crippen LogP contribution in [-0.2, 0) is 0 Å². The summed E-state index contributed by atoms with van der Waals surface area (Å²) >= 11 is 1.47. The number of hydrogen-bond acceptors (Lipinski definition) is 7. The van der Waals surface area contributed by atoms with Crippen LogP contribution in [0.1, 0.15) is 24.5 Å². The first-order valence-corrected chi connectivity index (χ1v) is 7.54. The third-order valence-electron chi connectivity index (χ3n) is 2.70. The van der Waals surface area contributed by atoms with E-state index in [2.05, 4.69) is 52.4 Å². The number of benzene rings is 1. The van der Waals surface area contributed by atoms with Gasteiger partial charge in [-0.05, 0) is 49.2 Å². The second kappa shape index (κ2) is 7.24. The zero-order chi connectivity index (χ0) is 15.2. The standard InChI is InChI=1S/C14H19N5OS/c1-4-7-20-13-16-12(19-15)17-14(18-13)21-11-8-9(2)5-6-10(11)3/h5-6,8H,4,7,15H2,1-3H3,(H,16,17,18,19). The molecule has 2 aromatic rings. The molecule has 0 unspecified atom stereocenters. The summed E-state index contributed by atoms with van der Waals surface area (Å²) in [5.74, 6) is 5.69. The van der Waals surface area contributed by atoms with Crippen LogP contribution >= 0.6 is 11.8 Å². The Morgan fingerprint density at radius 2 is 2.05 bits per heavy atom. The van der Waals surface area contributed by atoms with Crippen LogP contribution in [0.15, 0.2) is 28.3 Å². The summed E-state index contributed by atoms with van der Waals surface area (Å²) in [4.78, 5) is 13.7. The van der Waals surface area contributed by atoms with Gasteiger partial charge in [0.25, 0.3) is 0 Å². The van der Waals surface area contributed by atoms with Crippen molar-refractivity contribution in [3.8, 4) is 6.01 Å². The van der Waals surface area contributed by atoms with Gasteiger partial charge in [-0.3, -0.25) is 5.43 Å². The summed E-state index contributed by atoms with van der Waals surface area (Å²) in [5, 5.41) is 0.553. The van der Waals surface area contributed by atoms with Gasteiger partial charge in [-0.1, -0.05) is 19.1 Å². The fourth-order valence-corrected chi connectivity index (χ4v) is 2.55. The highest BCUT2D eigenvalue weighted by Gasteiger charge is 2.10. The van der Waals surface area contributed by atoms with Crippen molar-refractivity contribution in [3.05, 3.63) is 29.3 Å². The van der Waals surface area contributed by atoms with Gasteiger partial charge in [-0.2, -0.15) is 15.0 Å². The van der Waals surface area contributed by atoms with E-state index in [1.165, 1.54) is 22.9 Å². The molecule has 0 radical (unpaired) electrons. The van der Waals surface area contributed by atoms with Gasteiger partial charge in [-0.25, -0.2) is 5.84 Å². The fraction of sp³-hybridized carbons (Fsp3) is 0.357. The topological polar surface area (TPSA) is 86.0 Å². The van der Waals surface area contributed by atoms with Gasteiger partial charge in [0.05, 0.1) is 6.61 Å². The van der Waals surface area contributed by atoms with Crippen molar-refractivity contribution in [2.75, 3.05) is 12.0 Å². The van der Waals surface area contributed by atoms with Crippen molar-refractivity contribution in [2.45, 2.75) is 37.2 Å². The molecular formula is C14H19N5OS. The van der Waals surface area contributed by atoms with Gasteiger partial charge in [0.2, 0.25) is 11.1 Å². The summed E-state index contributed by atoms with van der Waals surface area (Å²) in [6.07, 6.45) is 0.885. The van der Waals surface area contributed by atoms with Gasteiger partial charge < -0.3 is 4.74 Å². The van der Waals surface area contributed by atoms with E-state index in [0.717, 1.165) is 11.3 Å². The van der Waals surface area contributed by atoms with Crippen LogP contribution in [0.3, 0.4) is 0 Å². The number of rotatable bonds is 6. The number of hydrogen-bond donors (Lipinski definition) is 2. The molecule has 0 saturated heterocycles. The summed E-state index contributed by atoms with van der Waals surface area (Å²) in [7, 11) is 0.